The molecule has 0 saturated carbocycles. The van der Waals surface area contributed by atoms with Crippen molar-refractivity contribution in [2.75, 3.05) is 0 Å². The number of aromatic nitrogens is 3. The molecule has 3 aromatic carbocycles. The van der Waals surface area contributed by atoms with Gasteiger partial charge in [0, 0.05) is 47.2 Å². The molecule has 0 N–H and O–H groups in total. The number of rotatable bonds is 6. The molecule has 1 aliphatic carbocycles. The molecule has 0 radical (unpaired) electrons. The molecule has 4 atom stereocenters. The second-order valence-corrected chi connectivity index (χ2v) is 16.1. The molecule has 0 fully saturated rings. The first-order valence-corrected chi connectivity index (χ1v) is 18.3. The van der Waals surface area contributed by atoms with E-state index in [-0.39, 0.29) is 22.4 Å². The summed E-state index contributed by atoms with van der Waals surface area (Å²) in [5.74, 6) is 0.731. The van der Waals surface area contributed by atoms with Crippen LogP contribution in [0.25, 0.3) is 44.3 Å². The minimum absolute atomic E-state index is 0.0259. The minimum Gasteiger partial charge on any atom is -0.338 e. The van der Waals surface area contributed by atoms with Gasteiger partial charge in [-0.2, -0.15) is 9.13 Å². The van der Waals surface area contributed by atoms with Gasteiger partial charge in [-0.3, -0.25) is 0 Å². The lowest BCUT2D eigenvalue weighted by molar-refractivity contribution is -0.793. The minimum atomic E-state index is -0.160. The fourth-order valence-electron chi connectivity index (χ4n) is 11.1. The Morgan fingerprint density at radius 2 is 1.54 bits per heavy atom. The molecule has 2 aliphatic heterocycles. The molecule has 4 unspecified atom stereocenters. The Hall–Kier alpha value is -4.24. The van der Waals surface area contributed by atoms with Crippen LogP contribution in [0, 0.1) is 5.92 Å². The number of pyridine rings is 2. The molecule has 5 heterocycles. The maximum absolute atomic E-state index is 2.79. The highest BCUT2D eigenvalue weighted by atomic mass is 15.1. The number of nitrogens with zero attached hydrogens (tertiary/aromatic N) is 3. The average molecular weight is 632 g/mol. The van der Waals surface area contributed by atoms with Gasteiger partial charge in [-0.25, -0.2) is 0 Å². The van der Waals surface area contributed by atoms with Crippen LogP contribution in [0.4, 0.5) is 0 Å². The van der Waals surface area contributed by atoms with Gasteiger partial charge < -0.3 is 4.57 Å². The summed E-state index contributed by atoms with van der Waals surface area (Å²) in [7, 11) is 2.28. The van der Waals surface area contributed by atoms with E-state index in [0.29, 0.717) is 11.8 Å². The van der Waals surface area contributed by atoms with Gasteiger partial charge in [0.05, 0.1) is 27.8 Å². The molecule has 242 valence electrons. The lowest BCUT2D eigenvalue weighted by atomic mass is 9.54. The normalized spacial score (nSPS) is 23.5. The largest absolute Gasteiger partial charge is 0.338 e. The maximum atomic E-state index is 2.79. The summed E-state index contributed by atoms with van der Waals surface area (Å²) < 4.78 is 7.99. The zero-order chi connectivity index (χ0) is 33.5. The van der Waals surface area contributed by atoms with Gasteiger partial charge in [-0.05, 0) is 55.0 Å². The quantitative estimate of drug-likeness (QED) is 0.162. The van der Waals surface area contributed by atoms with Crippen LogP contribution in [0.2, 0.25) is 0 Å². The summed E-state index contributed by atoms with van der Waals surface area (Å²) in [4.78, 5) is 0. The third-order valence-corrected chi connectivity index (χ3v) is 13.7. The van der Waals surface area contributed by atoms with Crippen molar-refractivity contribution in [2.24, 2.45) is 13.0 Å². The van der Waals surface area contributed by atoms with Gasteiger partial charge in [0.2, 0.25) is 11.2 Å². The SMILES string of the molecule is CCC1(C)c2cccc3c2-c2c(ccc[n+]2C1(CC)C(C)C1c2ccc(-c4ccccc4)c4c2c2c(cc(C(C)C)c[n+]21)n4C)C3(C)C. The van der Waals surface area contributed by atoms with E-state index < -0.39 is 0 Å². The Morgan fingerprint density at radius 3 is 2.25 bits per heavy atom. The zero-order valence-electron chi connectivity index (χ0n) is 30.1. The third kappa shape index (κ3) is 3.27. The lowest BCUT2D eigenvalue weighted by Gasteiger charge is -2.51. The van der Waals surface area contributed by atoms with E-state index >= 15 is 0 Å². The van der Waals surface area contributed by atoms with Crippen molar-refractivity contribution < 1.29 is 9.13 Å². The van der Waals surface area contributed by atoms with Gasteiger partial charge in [0.25, 0.3) is 0 Å². The van der Waals surface area contributed by atoms with Crippen molar-refractivity contribution in [1.29, 1.82) is 0 Å². The Labute approximate surface area is 285 Å². The van der Waals surface area contributed by atoms with Crippen LogP contribution in [0.5, 0.6) is 0 Å². The molecule has 3 aliphatic rings. The Kier molecular flexibility index (Phi) is 6.02. The Bertz CT molecular complexity index is 2320. The number of aryl methyl sites for hydroxylation is 1. The van der Waals surface area contributed by atoms with Crippen molar-refractivity contribution in [3.63, 3.8) is 0 Å². The topological polar surface area (TPSA) is 12.7 Å². The molecule has 0 spiro atoms. The second kappa shape index (κ2) is 9.68. The molecule has 6 aromatic rings. The van der Waals surface area contributed by atoms with Crippen molar-refractivity contribution in [3.8, 4) is 22.4 Å². The Balaban J connectivity index is 1.37. The molecule has 3 heteroatoms. The molecule has 0 bridgehead atoms. The van der Waals surface area contributed by atoms with Gasteiger partial charge in [-0.15, -0.1) is 0 Å². The number of benzene rings is 3. The van der Waals surface area contributed by atoms with Gasteiger partial charge in [0.15, 0.2) is 24.0 Å². The highest BCUT2D eigenvalue weighted by Crippen LogP contribution is 2.61. The van der Waals surface area contributed by atoms with Crippen molar-refractivity contribution in [3.05, 3.63) is 119 Å². The Morgan fingerprint density at radius 1 is 0.812 bits per heavy atom. The summed E-state index contributed by atoms with van der Waals surface area (Å²) in [5.41, 5.74) is 16.8. The summed E-state index contributed by atoms with van der Waals surface area (Å²) in [6, 6.07) is 30.5. The molecule has 9 rings (SSSR count). The van der Waals surface area contributed by atoms with Crippen LogP contribution >= 0.6 is 0 Å². The first-order valence-electron chi connectivity index (χ1n) is 18.3. The molecule has 0 saturated heterocycles. The number of hydrogen-bond acceptors (Lipinski definition) is 0. The van der Waals surface area contributed by atoms with Crippen molar-refractivity contribution in [2.45, 2.75) is 96.6 Å². The van der Waals surface area contributed by atoms with E-state index in [1.54, 1.807) is 5.56 Å². The van der Waals surface area contributed by atoms with Crippen LogP contribution in [0.1, 0.15) is 108 Å². The fraction of sp³-hybridized carbons (Fsp3) is 0.378. The summed E-state index contributed by atoms with van der Waals surface area (Å²) in [6.07, 6.45) is 7.08. The van der Waals surface area contributed by atoms with E-state index in [4.69, 9.17) is 0 Å². The van der Waals surface area contributed by atoms with Crippen LogP contribution in [0.15, 0.2) is 91.3 Å². The molecular formula is C45H49N3+2. The first kappa shape index (κ1) is 29.9. The third-order valence-electron chi connectivity index (χ3n) is 13.7. The molecule has 3 nitrogen and oxygen atoms in total. The van der Waals surface area contributed by atoms with Gasteiger partial charge in [-0.1, -0.05) is 102 Å². The highest BCUT2D eigenvalue weighted by Gasteiger charge is 2.68. The summed E-state index contributed by atoms with van der Waals surface area (Å²) in [5, 5.41) is 1.44. The number of hydrogen-bond donors (Lipinski definition) is 0. The second-order valence-electron chi connectivity index (χ2n) is 16.1. The fourth-order valence-corrected chi connectivity index (χ4v) is 11.1. The first-order chi connectivity index (χ1) is 23.0. The van der Waals surface area contributed by atoms with Crippen LogP contribution < -0.4 is 9.13 Å². The van der Waals surface area contributed by atoms with E-state index in [0.717, 1.165) is 12.8 Å². The van der Waals surface area contributed by atoms with Crippen LogP contribution in [-0.4, -0.2) is 4.57 Å². The van der Waals surface area contributed by atoms with Crippen molar-refractivity contribution >= 4 is 21.9 Å². The van der Waals surface area contributed by atoms with Crippen LogP contribution in [-0.2, 0) is 23.4 Å². The predicted molar refractivity (Wildman–Crippen MR) is 198 cm³/mol. The van der Waals surface area contributed by atoms with Gasteiger partial charge >= 0.3 is 0 Å². The van der Waals surface area contributed by atoms with E-state index in [2.05, 4.69) is 167 Å². The highest BCUT2D eigenvalue weighted by molar-refractivity contribution is 6.12. The van der Waals surface area contributed by atoms with E-state index in [9.17, 15) is 0 Å². The van der Waals surface area contributed by atoms with E-state index in [1.807, 2.05) is 0 Å². The average Bonchev–Trinajstić information content (AvgIpc) is 3.68. The zero-order valence-corrected chi connectivity index (χ0v) is 30.1. The summed E-state index contributed by atoms with van der Waals surface area (Å²) >= 11 is 0. The van der Waals surface area contributed by atoms with E-state index in [1.165, 1.54) is 66.6 Å². The molecule has 3 aromatic heterocycles. The van der Waals surface area contributed by atoms with Crippen molar-refractivity contribution in [1.82, 2.24) is 4.57 Å². The standard InChI is InChI=1S/C45H49N3/c1-10-44(8)34-20-15-19-33-38(34)41-35(43(33,6)7)21-16-24-48(41)45(44,11-2)28(5)39-32-23-22-31(29-17-13-12-14-18-29)40-37(32)42-36(46(40)9)25-30(27(3)4)26-47(39)42/h12-28,39H,10-11H2,1-9H3/q+2. The molecular weight excluding hydrogens is 583 g/mol. The summed E-state index contributed by atoms with van der Waals surface area (Å²) in [6.45, 7) is 19.6. The monoisotopic (exact) mass is 631 g/mol. The van der Waals surface area contributed by atoms with Crippen LogP contribution in [0.3, 0.4) is 0 Å². The predicted octanol–water partition coefficient (Wildman–Crippen LogP) is 10.0. The lowest BCUT2D eigenvalue weighted by Crippen LogP contribution is -2.73. The maximum Gasteiger partial charge on any atom is 0.239 e. The smallest absolute Gasteiger partial charge is 0.239 e. The van der Waals surface area contributed by atoms with Gasteiger partial charge in [0.1, 0.15) is 5.52 Å². The molecule has 0 amide bonds. The molecule has 48 heavy (non-hydrogen) atoms.